The number of benzene rings is 1. The second kappa shape index (κ2) is 7.83. The second-order valence-corrected chi connectivity index (χ2v) is 8.11. The van der Waals surface area contributed by atoms with E-state index in [9.17, 15) is 9.59 Å². The molecule has 2 N–H and O–H groups in total. The van der Waals surface area contributed by atoms with Crippen LogP contribution in [-0.4, -0.2) is 52.8 Å². The minimum Gasteiger partial charge on any atom is -0.357 e. The van der Waals surface area contributed by atoms with Gasteiger partial charge in [0.25, 0.3) is 5.91 Å². The smallest absolute Gasteiger partial charge is 0.253 e. The van der Waals surface area contributed by atoms with Gasteiger partial charge in [-0.3, -0.25) is 9.59 Å². The quantitative estimate of drug-likeness (QED) is 0.721. The van der Waals surface area contributed by atoms with Crippen molar-refractivity contribution in [1.82, 2.24) is 15.1 Å². The minimum atomic E-state index is -0.122. The lowest BCUT2D eigenvalue weighted by atomic mass is 10.2. The number of carbonyl (C=O) groups excluding carboxylic acids is 2. The van der Waals surface area contributed by atoms with Crippen LogP contribution in [0.5, 0.6) is 0 Å². The van der Waals surface area contributed by atoms with Gasteiger partial charge in [-0.25, -0.2) is 0 Å². The predicted molar refractivity (Wildman–Crippen MR) is 100 cm³/mol. The third-order valence-corrected chi connectivity index (χ3v) is 5.45. The number of anilines is 2. The van der Waals surface area contributed by atoms with E-state index >= 15 is 0 Å². The van der Waals surface area contributed by atoms with Crippen molar-refractivity contribution >= 4 is 45.7 Å². The molecule has 9 heteroatoms. The highest BCUT2D eigenvalue weighted by atomic mass is 32.2. The molecule has 1 aromatic heterocycles. The monoisotopic (exact) mass is 377 g/mol. The standard InChI is InChI=1S/C16H19N5O2S2/c1-21(2)14(23)10-3-5-11(6-4-10)17-13(22)9-24-16-20-19-15(25-16)18-12-7-8-12/h3-6,12H,7-9H2,1-2H3,(H,17,22)(H,18,19). The molecule has 3 rings (SSSR count). The molecular weight excluding hydrogens is 358 g/mol. The summed E-state index contributed by atoms with van der Waals surface area (Å²) < 4.78 is 0.769. The first-order chi connectivity index (χ1) is 12.0. The van der Waals surface area contributed by atoms with Gasteiger partial charge >= 0.3 is 0 Å². The molecule has 0 atom stereocenters. The van der Waals surface area contributed by atoms with Crippen LogP contribution in [0.2, 0.25) is 0 Å². The number of hydrogen-bond donors (Lipinski definition) is 2. The Balaban J connectivity index is 1.47. The summed E-state index contributed by atoms with van der Waals surface area (Å²) in [6.45, 7) is 0. The molecule has 7 nitrogen and oxygen atoms in total. The molecule has 2 aromatic rings. The maximum Gasteiger partial charge on any atom is 0.253 e. The molecule has 0 spiro atoms. The topological polar surface area (TPSA) is 87.2 Å². The summed E-state index contributed by atoms with van der Waals surface area (Å²) in [5, 5.41) is 15.0. The Labute approximate surface area is 154 Å². The molecular formula is C16H19N5O2S2. The summed E-state index contributed by atoms with van der Waals surface area (Å²) in [7, 11) is 3.41. The van der Waals surface area contributed by atoms with Gasteiger partial charge in [-0.1, -0.05) is 23.1 Å². The molecule has 0 saturated heterocycles. The first-order valence-corrected chi connectivity index (χ1v) is 9.66. The number of amides is 2. The average molecular weight is 377 g/mol. The molecule has 1 fully saturated rings. The van der Waals surface area contributed by atoms with Gasteiger partial charge in [0.1, 0.15) is 0 Å². The second-order valence-electron chi connectivity index (χ2n) is 5.91. The van der Waals surface area contributed by atoms with Crippen LogP contribution in [0.3, 0.4) is 0 Å². The van der Waals surface area contributed by atoms with E-state index in [0.29, 0.717) is 17.3 Å². The third-order valence-electron chi connectivity index (χ3n) is 3.46. The van der Waals surface area contributed by atoms with Crippen molar-refractivity contribution < 1.29 is 9.59 Å². The normalized spacial score (nSPS) is 13.4. The highest BCUT2D eigenvalue weighted by Crippen LogP contribution is 2.30. The maximum atomic E-state index is 12.0. The van der Waals surface area contributed by atoms with Crippen molar-refractivity contribution in [2.45, 2.75) is 23.2 Å². The van der Waals surface area contributed by atoms with Crippen molar-refractivity contribution in [3.05, 3.63) is 29.8 Å². The van der Waals surface area contributed by atoms with Gasteiger partial charge in [0.2, 0.25) is 11.0 Å². The van der Waals surface area contributed by atoms with Crippen molar-refractivity contribution in [1.29, 1.82) is 0 Å². The van der Waals surface area contributed by atoms with E-state index in [1.165, 1.54) is 40.8 Å². The first kappa shape index (κ1) is 17.7. The van der Waals surface area contributed by atoms with Crippen LogP contribution >= 0.6 is 23.1 Å². The molecule has 0 unspecified atom stereocenters. The molecule has 0 bridgehead atoms. The highest BCUT2D eigenvalue weighted by Gasteiger charge is 2.22. The molecule has 2 amide bonds. The minimum absolute atomic E-state index is 0.0692. The summed E-state index contributed by atoms with van der Waals surface area (Å²) in [5.74, 6) is 0.0695. The van der Waals surface area contributed by atoms with Crippen molar-refractivity contribution in [2.24, 2.45) is 0 Å². The zero-order valence-corrected chi connectivity index (χ0v) is 15.6. The number of thioether (sulfide) groups is 1. The molecule has 1 saturated carbocycles. The molecule has 1 aliphatic carbocycles. The fourth-order valence-corrected chi connectivity index (χ4v) is 3.64. The Kier molecular flexibility index (Phi) is 5.54. The van der Waals surface area contributed by atoms with Gasteiger partial charge in [-0.2, -0.15) is 0 Å². The summed E-state index contributed by atoms with van der Waals surface area (Å²) in [5.41, 5.74) is 1.25. The van der Waals surface area contributed by atoms with Gasteiger partial charge in [0, 0.05) is 31.4 Å². The van der Waals surface area contributed by atoms with Crippen LogP contribution < -0.4 is 10.6 Å². The van der Waals surface area contributed by atoms with E-state index in [0.717, 1.165) is 9.47 Å². The van der Waals surface area contributed by atoms with Crippen molar-refractivity contribution in [2.75, 3.05) is 30.5 Å². The maximum absolute atomic E-state index is 12.0. The molecule has 1 aromatic carbocycles. The molecule has 25 heavy (non-hydrogen) atoms. The van der Waals surface area contributed by atoms with Gasteiger partial charge in [-0.15, -0.1) is 10.2 Å². The van der Waals surface area contributed by atoms with Crippen LogP contribution in [0.4, 0.5) is 10.8 Å². The Morgan fingerprint density at radius 1 is 1.24 bits per heavy atom. The largest absolute Gasteiger partial charge is 0.357 e. The highest BCUT2D eigenvalue weighted by molar-refractivity contribution is 8.01. The molecule has 0 aliphatic heterocycles. The van der Waals surface area contributed by atoms with Crippen LogP contribution in [0.1, 0.15) is 23.2 Å². The number of carbonyl (C=O) groups is 2. The number of rotatable bonds is 7. The third kappa shape index (κ3) is 5.17. The van der Waals surface area contributed by atoms with E-state index in [1.54, 1.807) is 38.4 Å². The predicted octanol–water partition coefficient (Wildman–Crippen LogP) is 2.55. The summed E-state index contributed by atoms with van der Waals surface area (Å²) in [6.07, 6.45) is 2.37. The van der Waals surface area contributed by atoms with E-state index in [2.05, 4.69) is 20.8 Å². The van der Waals surface area contributed by atoms with Crippen molar-refractivity contribution in [3.63, 3.8) is 0 Å². The van der Waals surface area contributed by atoms with E-state index in [1.807, 2.05) is 0 Å². The Bertz CT molecular complexity index is 756. The summed E-state index contributed by atoms with van der Waals surface area (Å²) >= 11 is 2.82. The fourth-order valence-electron chi connectivity index (χ4n) is 2.01. The Morgan fingerprint density at radius 2 is 1.96 bits per heavy atom. The van der Waals surface area contributed by atoms with E-state index in [-0.39, 0.29) is 17.6 Å². The SMILES string of the molecule is CN(C)C(=O)c1ccc(NC(=O)CSc2nnc(NC3CC3)s2)cc1. The number of aromatic nitrogens is 2. The van der Waals surface area contributed by atoms with Gasteiger partial charge in [0.05, 0.1) is 5.75 Å². The van der Waals surface area contributed by atoms with Crippen LogP contribution in [0.25, 0.3) is 0 Å². The van der Waals surface area contributed by atoms with Crippen LogP contribution in [0, 0.1) is 0 Å². The number of hydrogen-bond acceptors (Lipinski definition) is 7. The Hall–Kier alpha value is -2.13. The van der Waals surface area contributed by atoms with Crippen LogP contribution in [0.15, 0.2) is 28.6 Å². The van der Waals surface area contributed by atoms with E-state index < -0.39 is 0 Å². The summed E-state index contributed by atoms with van der Waals surface area (Å²) in [6, 6.07) is 7.39. The molecule has 132 valence electrons. The van der Waals surface area contributed by atoms with Gasteiger partial charge in [-0.05, 0) is 37.1 Å². The number of nitrogens with one attached hydrogen (secondary N) is 2. The average Bonchev–Trinajstić information content (AvgIpc) is 3.29. The first-order valence-electron chi connectivity index (χ1n) is 7.85. The lowest BCUT2D eigenvalue weighted by Crippen LogP contribution is -2.21. The van der Waals surface area contributed by atoms with Gasteiger partial charge in [0.15, 0.2) is 4.34 Å². The molecule has 1 aliphatic rings. The fraction of sp³-hybridized carbons (Fsp3) is 0.375. The Morgan fingerprint density at radius 3 is 2.60 bits per heavy atom. The summed E-state index contributed by atoms with van der Waals surface area (Å²) in [4.78, 5) is 25.4. The molecule has 1 heterocycles. The van der Waals surface area contributed by atoms with E-state index in [4.69, 9.17) is 0 Å². The van der Waals surface area contributed by atoms with Gasteiger partial charge < -0.3 is 15.5 Å². The zero-order valence-electron chi connectivity index (χ0n) is 14.0. The van der Waals surface area contributed by atoms with Crippen LogP contribution in [-0.2, 0) is 4.79 Å². The zero-order chi connectivity index (χ0) is 17.8. The lowest BCUT2D eigenvalue weighted by molar-refractivity contribution is -0.113. The molecule has 0 radical (unpaired) electrons. The number of nitrogens with zero attached hydrogens (tertiary/aromatic N) is 3. The van der Waals surface area contributed by atoms with Crippen molar-refractivity contribution in [3.8, 4) is 0 Å². The lowest BCUT2D eigenvalue weighted by Gasteiger charge is -2.10.